The zero-order valence-corrected chi connectivity index (χ0v) is 12.1. The summed E-state index contributed by atoms with van der Waals surface area (Å²) >= 11 is 1.27. The van der Waals surface area contributed by atoms with Crippen molar-refractivity contribution in [1.82, 2.24) is 9.88 Å². The summed E-state index contributed by atoms with van der Waals surface area (Å²) in [6, 6.07) is 8.02. The van der Waals surface area contributed by atoms with Crippen LogP contribution >= 0.6 is 11.3 Å². The molecular weight excluding hydrogens is 292 g/mol. The Morgan fingerprint density at radius 1 is 1.38 bits per heavy atom. The Morgan fingerprint density at radius 2 is 2.10 bits per heavy atom. The Bertz CT molecular complexity index is 601. The van der Waals surface area contributed by atoms with Crippen molar-refractivity contribution < 1.29 is 19.4 Å². The quantitative estimate of drug-likeness (QED) is 0.918. The molecule has 7 heteroatoms. The Hall–Kier alpha value is -2.41. The molecule has 0 radical (unpaired) electrons. The van der Waals surface area contributed by atoms with Crippen molar-refractivity contribution in [3.63, 3.8) is 0 Å². The minimum absolute atomic E-state index is 0.0907. The molecule has 2 rings (SSSR count). The van der Waals surface area contributed by atoms with Crippen LogP contribution in [0, 0.1) is 0 Å². The van der Waals surface area contributed by atoms with Crippen LogP contribution in [-0.2, 0) is 16.1 Å². The molecule has 0 saturated heterocycles. The molecule has 1 unspecified atom stereocenters. The SMILES string of the molecule is CN(C(=O)OCc1ccccc1)C(C(=O)O)c1cscn1. The highest BCUT2D eigenvalue weighted by Crippen LogP contribution is 2.20. The third-order valence-electron chi connectivity index (χ3n) is 2.85. The number of rotatable bonds is 5. The van der Waals surface area contributed by atoms with Crippen molar-refractivity contribution in [2.24, 2.45) is 0 Å². The van der Waals surface area contributed by atoms with Gasteiger partial charge in [-0.1, -0.05) is 30.3 Å². The van der Waals surface area contributed by atoms with Crippen LogP contribution in [0.5, 0.6) is 0 Å². The van der Waals surface area contributed by atoms with Crippen LogP contribution in [0.1, 0.15) is 17.3 Å². The molecule has 110 valence electrons. The number of carbonyl (C=O) groups is 2. The smallest absolute Gasteiger partial charge is 0.410 e. The van der Waals surface area contributed by atoms with Crippen LogP contribution in [0.15, 0.2) is 41.2 Å². The van der Waals surface area contributed by atoms with Gasteiger partial charge in [0.25, 0.3) is 0 Å². The monoisotopic (exact) mass is 306 g/mol. The maximum Gasteiger partial charge on any atom is 0.410 e. The minimum atomic E-state index is -1.15. The number of hydrogen-bond donors (Lipinski definition) is 1. The van der Waals surface area contributed by atoms with E-state index in [0.717, 1.165) is 10.5 Å². The number of carboxylic acid groups (broad SMARTS) is 1. The second kappa shape index (κ2) is 6.85. The summed E-state index contributed by atoms with van der Waals surface area (Å²) in [6.45, 7) is 0.0907. The molecule has 0 spiro atoms. The lowest BCUT2D eigenvalue weighted by molar-refractivity contribution is -0.142. The van der Waals surface area contributed by atoms with Gasteiger partial charge in [0.1, 0.15) is 6.61 Å². The van der Waals surface area contributed by atoms with Gasteiger partial charge in [0.05, 0.1) is 11.2 Å². The third-order valence-corrected chi connectivity index (χ3v) is 3.45. The number of carbonyl (C=O) groups excluding carboxylic acids is 1. The topological polar surface area (TPSA) is 79.7 Å². The van der Waals surface area contributed by atoms with Crippen molar-refractivity contribution in [2.45, 2.75) is 12.6 Å². The third kappa shape index (κ3) is 3.79. The highest BCUT2D eigenvalue weighted by Gasteiger charge is 2.30. The summed E-state index contributed by atoms with van der Waals surface area (Å²) in [5, 5.41) is 10.9. The fraction of sp³-hybridized carbons (Fsp3) is 0.214. The molecule has 21 heavy (non-hydrogen) atoms. The van der Waals surface area contributed by atoms with E-state index in [2.05, 4.69) is 4.98 Å². The molecule has 1 amide bonds. The van der Waals surface area contributed by atoms with Crippen LogP contribution in [0.25, 0.3) is 0 Å². The zero-order chi connectivity index (χ0) is 15.2. The first-order chi connectivity index (χ1) is 10.1. The van der Waals surface area contributed by atoms with Gasteiger partial charge in [-0.15, -0.1) is 11.3 Å². The van der Waals surface area contributed by atoms with Crippen LogP contribution in [0.2, 0.25) is 0 Å². The first-order valence-corrected chi connectivity index (χ1v) is 7.08. The average molecular weight is 306 g/mol. The van der Waals surface area contributed by atoms with E-state index in [4.69, 9.17) is 4.74 Å². The van der Waals surface area contributed by atoms with E-state index in [1.54, 1.807) is 5.38 Å². The summed E-state index contributed by atoms with van der Waals surface area (Å²) < 4.78 is 5.12. The van der Waals surface area contributed by atoms with Gasteiger partial charge >= 0.3 is 12.1 Å². The van der Waals surface area contributed by atoms with E-state index in [-0.39, 0.29) is 6.61 Å². The Morgan fingerprint density at radius 3 is 2.67 bits per heavy atom. The molecule has 0 fully saturated rings. The lowest BCUT2D eigenvalue weighted by Crippen LogP contribution is -2.36. The number of aliphatic carboxylic acids is 1. The largest absolute Gasteiger partial charge is 0.479 e. The second-order valence-electron chi connectivity index (χ2n) is 4.31. The van der Waals surface area contributed by atoms with Gasteiger partial charge < -0.3 is 9.84 Å². The van der Waals surface area contributed by atoms with Gasteiger partial charge in [-0.2, -0.15) is 0 Å². The number of benzene rings is 1. The molecule has 0 bridgehead atoms. The van der Waals surface area contributed by atoms with Crippen LogP contribution in [0.3, 0.4) is 0 Å². The summed E-state index contributed by atoms with van der Waals surface area (Å²) in [7, 11) is 1.38. The zero-order valence-electron chi connectivity index (χ0n) is 11.3. The molecule has 1 aromatic carbocycles. The average Bonchev–Trinajstić information content (AvgIpc) is 2.99. The number of carboxylic acids is 1. The number of aromatic nitrogens is 1. The summed E-state index contributed by atoms with van der Waals surface area (Å²) in [6.07, 6.45) is -0.709. The van der Waals surface area contributed by atoms with E-state index in [0.29, 0.717) is 5.69 Å². The van der Waals surface area contributed by atoms with Gasteiger partial charge in [-0.25, -0.2) is 14.6 Å². The number of likely N-dealkylation sites (N-methyl/N-ethyl adjacent to an activating group) is 1. The molecule has 0 aliphatic rings. The molecule has 1 atom stereocenters. The summed E-state index contributed by atoms with van der Waals surface area (Å²) in [5.74, 6) is -1.15. The molecule has 6 nitrogen and oxygen atoms in total. The van der Waals surface area contributed by atoms with Gasteiger partial charge in [0, 0.05) is 12.4 Å². The maximum absolute atomic E-state index is 12.0. The molecule has 0 aliphatic carbocycles. The van der Waals surface area contributed by atoms with Crippen LogP contribution in [0.4, 0.5) is 4.79 Å². The Balaban J connectivity index is 2.02. The van der Waals surface area contributed by atoms with E-state index >= 15 is 0 Å². The fourth-order valence-electron chi connectivity index (χ4n) is 1.77. The van der Waals surface area contributed by atoms with E-state index in [9.17, 15) is 14.7 Å². The van der Waals surface area contributed by atoms with Crippen molar-refractivity contribution in [2.75, 3.05) is 7.05 Å². The first-order valence-electron chi connectivity index (χ1n) is 6.14. The highest BCUT2D eigenvalue weighted by molar-refractivity contribution is 7.07. The van der Waals surface area contributed by atoms with Crippen LogP contribution in [-0.4, -0.2) is 34.1 Å². The van der Waals surface area contributed by atoms with Crippen LogP contribution < -0.4 is 0 Å². The first kappa shape index (κ1) is 15.0. The number of thiazole rings is 1. The van der Waals surface area contributed by atoms with Gasteiger partial charge in [0.2, 0.25) is 0 Å². The molecule has 1 heterocycles. The molecule has 0 saturated carbocycles. The lowest BCUT2D eigenvalue weighted by Gasteiger charge is -2.22. The summed E-state index contributed by atoms with van der Waals surface area (Å²) in [4.78, 5) is 28.3. The van der Waals surface area contributed by atoms with Gasteiger partial charge in [-0.05, 0) is 5.56 Å². The fourth-order valence-corrected chi connectivity index (χ4v) is 2.35. The maximum atomic E-state index is 12.0. The molecule has 1 N–H and O–H groups in total. The number of hydrogen-bond acceptors (Lipinski definition) is 5. The molecule has 0 aliphatic heterocycles. The summed E-state index contributed by atoms with van der Waals surface area (Å²) in [5.41, 5.74) is 2.67. The minimum Gasteiger partial charge on any atom is -0.479 e. The van der Waals surface area contributed by atoms with Crippen molar-refractivity contribution in [3.8, 4) is 0 Å². The Kier molecular flexibility index (Phi) is 4.89. The predicted octanol–water partition coefficient (Wildman–Crippen LogP) is 2.54. The normalized spacial score (nSPS) is 11.7. The predicted molar refractivity (Wildman–Crippen MR) is 76.9 cm³/mol. The van der Waals surface area contributed by atoms with Gasteiger partial charge in [-0.3, -0.25) is 4.90 Å². The molecular formula is C14H14N2O4S. The number of amides is 1. The highest BCUT2D eigenvalue weighted by atomic mass is 32.1. The molecule has 2 aromatic rings. The Labute approximate surface area is 125 Å². The second-order valence-corrected chi connectivity index (χ2v) is 5.02. The standard InChI is InChI=1S/C14H14N2O4S/c1-16(12(13(17)18)11-8-21-9-15-11)14(19)20-7-10-5-3-2-4-6-10/h2-6,8-9,12H,7H2,1H3,(H,17,18). The lowest BCUT2D eigenvalue weighted by atomic mass is 10.2. The van der Waals surface area contributed by atoms with Crippen molar-refractivity contribution >= 4 is 23.4 Å². The number of nitrogens with zero attached hydrogens (tertiary/aromatic N) is 2. The van der Waals surface area contributed by atoms with E-state index in [1.165, 1.54) is 23.9 Å². The van der Waals surface area contributed by atoms with Crippen molar-refractivity contribution in [1.29, 1.82) is 0 Å². The van der Waals surface area contributed by atoms with E-state index in [1.807, 2.05) is 30.3 Å². The molecule has 1 aromatic heterocycles. The van der Waals surface area contributed by atoms with Crippen molar-refractivity contribution in [3.05, 3.63) is 52.5 Å². The number of ether oxygens (including phenoxy) is 1. The van der Waals surface area contributed by atoms with E-state index < -0.39 is 18.1 Å². The van der Waals surface area contributed by atoms with Gasteiger partial charge in [0.15, 0.2) is 6.04 Å².